The van der Waals surface area contributed by atoms with Gasteiger partial charge in [0.25, 0.3) is 0 Å². The summed E-state index contributed by atoms with van der Waals surface area (Å²) in [5, 5.41) is 29.3. The number of hydrogen-bond donors (Lipinski definition) is 6. The zero-order valence-electron chi connectivity index (χ0n) is 7.81. The second kappa shape index (κ2) is 5.89. The highest BCUT2D eigenvalue weighted by Gasteiger charge is 2.28. The number of nitrogens with one attached hydrogen (secondary N) is 1. The lowest BCUT2D eigenvalue weighted by molar-refractivity contribution is -0.119. The molecule has 0 aromatic rings. The maximum absolute atomic E-state index is 10.6. The molecule has 1 atom stereocenters. The number of rotatable bonds is 7. The van der Waals surface area contributed by atoms with Crippen molar-refractivity contribution in [2.75, 3.05) is 26.4 Å². The quantitative estimate of drug-likeness (QED) is 0.252. The molecule has 0 saturated carbocycles. The molecule has 1 amide bonds. The van der Waals surface area contributed by atoms with Gasteiger partial charge in [-0.05, 0) is 0 Å². The summed E-state index contributed by atoms with van der Waals surface area (Å²) in [5.41, 5.74) is 8.97. The Hall–Kier alpha value is -0.730. The molecule has 0 rings (SSSR count). The number of aliphatic hydroxyl groups is 3. The van der Waals surface area contributed by atoms with E-state index in [2.05, 4.69) is 5.32 Å². The van der Waals surface area contributed by atoms with E-state index in [1.807, 2.05) is 0 Å². The molecule has 0 saturated heterocycles. The number of nitrogens with two attached hydrogens (primary N) is 2. The van der Waals surface area contributed by atoms with Crippen LogP contribution in [0.25, 0.3) is 0 Å². The summed E-state index contributed by atoms with van der Waals surface area (Å²) < 4.78 is 0. The molecule has 1 unspecified atom stereocenters. The molecule has 0 heterocycles. The molecule has 0 aromatic carbocycles. The van der Waals surface area contributed by atoms with Gasteiger partial charge in [-0.2, -0.15) is 0 Å². The normalized spacial score (nSPS) is 14.0. The Kier molecular flexibility index (Phi) is 5.58. The fraction of sp³-hybridized carbons (Fsp3) is 0.857. The molecule has 0 aromatic heterocycles. The second-order valence-electron chi connectivity index (χ2n) is 3.14. The highest BCUT2D eigenvalue weighted by Crippen LogP contribution is 2.00. The number of primary amides is 1. The molecule has 0 bridgehead atoms. The maximum Gasteiger partial charge on any atom is 0.235 e. The second-order valence-corrected chi connectivity index (χ2v) is 3.14. The third kappa shape index (κ3) is 3.56. The van der Waals surface area contributed by atoms with E-state index in [9.17, 15) is 4.79 Å². The topological polar surface area (TPSA) is 142 Å². The van der Waals surface area contributed by atoms with Crippen molar-refractivity contribution in [1.82, 2.24) is 5.32 Å². The molecule has 7 nitrogen and oxygen atoms in total. The predicted molar refractivity (Wildman–Crippen MR) is 49.2 cm³/mol. The Labute approximate surface area is 81.7 Å². The van der Waals surface area contributed by atoms with Gasteiger partial charge in [0.05, 0.1) is 31.4 Å². The summed E-state index contributed by atoms with van der Waals surface area (Å²) in [4.78, 5) is 10.6. The van der Waals surface area contributed by atoms with Crippen molar-refractivity contribution in [3.63, 3.8) is 0 Å². The molecule has 0 radical (unpaired) electrons. The van der Waals surface area contributed by atoms with Crippen LogP contribution in [0.5, 0.6) is 0 Å². The van der Waals surface area contributed by atoms with E-state index in [0.717, 1.165) is 0 Å². The molecule has 8 N–H and O–H groups in total. The summed E-state index contributed by atoms with van der Waals surface area (Å²) in [6.45, 7) is -1.42. The monoisotopic (exact) mass is 207 g/mol. The third-order valence-electron chi connectivity index (χ3n) is 1.97. The van der Waals surface area contributed by atoms with E-state index in [1.54, 1.807) is 0 Å². The first-order chi connectivity index (χ1) is 6.51. The van der Waals surface area contributed by atoms with Crippen molar-refractivity contribution in [3.05, 3.63) is 0 Å². The summed E-state index contributed by atoms with van der Waals surface area (Å²) in [7, 11) is 0. The van der Waals surface area contributed by atoms with Crippen LogP contribution in [0, 0.1) is 0 Å². The van der Waals surface area contributed by atoms with Crippen LogP contribution in [0.3, 0.4) is 0 Å². The molecule has 7 heteroatoms. The van der Waals surface area contributed by atoms with Gasteiger partial charge in [0.2, 0.25) is 5.91 Å². The number of carbonyl (C=O) groups is 1. The lowest BCUT2D eigenvalue weighted by atomic mass is 10.0. The fourth-order valence-corrected chi connectivity index (χ4v) is 0.745. The Morgan fingerprint density at radius 1 is 1.29 bits per heavy atom. The molecule has 0 fully saturated rings. The van der Waals surface area contributed by atoms with Crippen LogP contribution in [0.4, 0.5) is 0 Å². The maximum atomic E-state index is 10.6. The number of aliphatic hydroxyl groups excluding tert-OH is 3. The number of carbonyl (C=O) groups excluding carboxylic acids is 1. The SMILES string of the molecule is NC(=O)C(N)CNC(CO)(CO)CO. The molecule has 0 aliphatic carbocycles. The molecular formula is C7H17N3O4. The molecular weight excluding hydrogens is 190 g/mol. The van der Waals surface area contributed by atoms with E-state index in [-0.39, 0.29) is 6.54 Å². The van der Waals surface area contributed by atoms with Crippen molar-refractivity contribution >= 4 is 5.91 Å². The molecule has 0 aliphatic heterocycles. The van der Waals surface area contributed by atoms with Gasteiger partial charge < -0.3 is 32.1 Å². The van der Waals surface area contributed by atoms with Crippen LogP contribution >= 0.6 is 0 Å². The van der Waals surface area contributed by atoms with E-state index >= 15 is 0 Å². The van der Waals surface area contributed by atoms with Crippen molar-refractivity contribution in [3.8, 4) is 0 Å². The van der Waals surface area contributed by atoms with Gasteiger partial charge in [-0.25, -0.2) is 0 Å². The lowest BCUT2D eigenvalue weighted by Crippen LogP contribution is -2.59. The summed E-state index contributed by atoms with van der Waals surface area (Å²) in [6.07, 6.45) is 0. The van der Waals surface area contributed by atoms with Gasteiger partial charge in [-0.3, -0.25) is 4.79 Å². The van der Waals surface area contributed by atoms with Crippen molar-refractivity contribution in [2.45, 2.75) is 11.6 Å². The predicted octanol–water partition coefficient (Wildman–Crippen LogP) is -3.90. The average molecular weight is 207 g/mol. The standard InChI is InChI=1S/C7H17N3O4/c8-5(6(9)14)1-10-7(2-11,3-12)4-13/h5,10-13H,1-4,8H2,(H2,9,14). The minimum atomic E-state index is -1.23. The average Bonchev–Trinajstić information content (AvgIpc) is 2.20. The van der Waals surface area contributed by atoms with Crippen LogP contribution in [-0.4, -0.2) is 59.2 Å². The van der Waals surface area contributed by atoms with Crippen LogP contribution in [0.15, 0.2) is 0 Å². The highest BCUT2D eigenvalue weighted by atomic mass is 16.3. The Balaban J connectivity index is 4.12. The van der Waals surface area contributed by atoms with Gasteiger partial charge in [0.15, 0.2) is 0 Å². The van der Waals surface area contributed by atoms with Crippen LogP contribution < -0.4 is 16.8 Å². The van der Waals surface area contributed by atoms with Crippen LogP contribution in [0.1, 0.15) is 0 Å². The molecule has 0 aliphatic rings. The largest absolute Gasteiger partial charge is 0.394 e. The first-order valence-electron chi connectivity index (χ1n) is 4.14. The van der Waals surface area contributed by atoms with E-state index in [0.29, 0.717) is 0 Å². The Morgan fingerprint density at radius 2 is 1.71 bits per heavy atom. The smallest absolute Gasteiger partial charge is 0.235 e. The van der Waals surface area contributed by atoms with Crippen molar-refractivity contribution in [2.24, 2.45) is 11.5 Å². The Bertz CT molecular complexity index is 176. The van der Waals surface area contributed by atoms with E-state index in [1.165, 1.54) is 0 Å². The fourth-order valence-electron chi connectivity index (χ4n) is 0.745. The van der Waals surface area contributed by atoms with Crippen LogP contribution in [-0.2, 0) is 4.79 Å². The minimum absolute atomic E-state index is 0.0169. The lowest BCUT2D eigenvalue weighted by Gasteiger charge is -2.29. The third-order valence-corrected chi connectivity index (χ3v) is 1.97. The summed E-state index contributed by atoms with van der Waals surface area (Å²) in [5.74, 6) is -0.694. The number of hydrogen-bond acceptors (Lipinski definition) is 6. The Morgan fingerprint density at radius 3 is 2.00 bits per heavy atom. The molecule has 0 spiro atoms. The van der Waals surface area contributed by atoms with Gasteiger partial charge in [-0.1, -0.05) is 0 Å². The van der Waals surface area contributed by atoms with Gasteiger partial charge in [-0.15, -0.1) is 0 Å². The molecule has 84 valence electrons. The van der Waals surface area contributed by atoms with Crippen molar-refractivity contribution in [1.29, 1.82) is 0 Å². The first-order valence-corrected chi connectivity index (χ1v) is 4.14. The van der Waals surface area contributed by atoms with Gasteiger partial charge in [0, 0.05) is 6.54 Å². The summed E-state index contributed by atoms with van der Waals surface area (Å²) >= 11 is 0. The van der Waals surface area contributed by atoms with Gasteiger partial charge in [0.1, 0.15) is 0 Å². The summed E-state index contributed by atoms with van der Waals surface area (Å²) in [6, 6.07) is -0.918. The van der Waals surface area contributed by atoms with Crippen molar-refractivity contribution < 1.29 is 20.1 Å². The van der Waals surface area contributed by atoms with Gasteiger partial charge >= 0.3 is 0 Å². The highest BCUT2D eigenvalue weighted by molar-refractivity contribution is 5.79. The number of amides is 1. The van der Waals surface area contributed by atoms with E-state index < -0.39 is 37.3 Å². The first kappa shape index (κ1) is 13.3. The minimum Gasteiger partial charge on any atom is -0.394 e. The molecule has 14 heavy (non-hydrogen) atoms. The zero-order chi connectivity index (χ0) is 11.2. The van der Waals surface area contributed by atoms with Crippen LogP contribution in [0.2, 0.25) is 0 Å². The van der Waals surface area contributed by atoms with E-state index in [4.69, 9.17) is 26.8 Å². The zero-order valence-corrected chi connectivity index (χ0v) is 7.81.